The number of phenols is 1. The number of rotatable bonds is 4. The Morgan fingerprint density at radius 1 is 1.11 bits per heavy atom. The number of nitrogens with one attached hydrogen (secondary N) is 1. The number of benzene rings is 2. The number of hydrogen-bond donors (Lipinski definition) is 2. The lowest BCUT2D eigenvalue weighted by Crippen LogP contribution is -2.03. The lowest BCUT2D eigenvalue weighted by atomic mass is 10.0. The fraction of sp³-hybridized carbons (Fsp3) is 0.250. The lowest BCUT2D eigenvalue weighted by Gasteiger charge is -2.15. The van der Waals surface area contributed by atoms with Crippen LogP contribution >= 0.6 is 15.9 Å². The van der Waals surface area contributed by atoms with E-state index in [2.05, 4.69) is 53.3 Å². The number of para-hydroxylation sites is 2. The fourth-order valence-electron chi connectivity index (χ4n) is 2.05. The molecule has 0 radical (unpaired) electrons. The molecule has 0 heterocycles. The molecule has 0 amide bonds. The predicted molar refractivity (Wildman–Crippen MR) is 83.7 cm³/mol. The second-order valence-electron chi connectivity index (χ2n) is 4.84. The lowest BCUT2D eigenvalue weighted by molar-refractivity contribution is 0.465. The van der Waals surface area contributed by atoms with Crippen molar-refractivity contribution in [2.75, 3.05) is 5.32 Å². The average molecular weight is 320 g/mol. The average Bonchev–Trinajstić information content (AvgIpc) is 2.40. The topological polar surface area (TPSA) is 32.3 Å². The van der Waals surface area contributed by atoms with Gasteiger partial charge < -0.3 is 10.4 Å². The van der Waals surface area contributed by atoms with E-state index in [0.29, 0.717) is 18.2 Å². The van der Waals surface area contributed by atoms with Gasteiger partial charge in [0.25, 0.3) is 0 Å². The molecule has 2 aromatic rings. The third-order valence-electron chi connectivity index (χ3n) is 3.12. The molecule has 2 nitrogen and oxygen atoms in total. The molecule has 0 saturated carbocycles. The molecular weight excluding hydrogens is 302 g/mol. The zero-order valence-electron chi connectivity index (χ0n) is 11.2. The van der Waals surface area contributed by atoms with E-state index in [1.165, 1.54) is 5.56 Å². The van der Waals surface area contributed by atoms with Crippen LogP contribution in [0.5, 0.6) is 5.75 Å². The summed E-state index contributed by atoms with van der Waals surface area (Å²) in [7, 11) is 0. The van der Waals surface area contributed by atoms with Crippen molar-refractivity contribution in [3.63, 3.8) is 0 Å². The van der Waals surface area contributed by atoms with E-state index in [1.807, 2.05) is 24.3 Å². The highest BCUT2D eigenvalue weighted by Gasteiger charge is 2.07. The maximum Gasteiger partial charge on any atom is 0.134 e. The molecule has 2 aromatic carbocycles. The molecule has 0 saturated heterocycles. The monoisotopic (exact) mass is 319 g/mol. The normalized spacial score (nSPS) is 10.7. The first-order valence-electron chi connectivity index (χ1n) is 6.38. The van der Waals surface area contributed by atoms with Crippen molar-refractivity contribution in [1.29, 1.82) is 0 Å². The molecule has 0 unspecified atom stereocenters. The highest BCUT2D eigenvalue weighted by atomic mass is 79.9. The van der Waals surface area contributed by atoms with Gasteiger partial charge in [-0.05, 0) is 39.5 Å². The summed E-state index contributed by atoms with van der Waals surface area (Å²) in [5.41, 5.74) is 3.29. The Kier molecular flexibility index (Phi) is 4.48. The maximum atomic E-state index is 9.97. The van der Waals surface area contributed by atoms with Gasteiger partial charge in [0.15, 0.2) is 0 Å². The molecular formula is C16H18BrNO. The summed E-state index contributed by atoms with van der Waals surface area (Å²) in [6, 6.07) is 14.0. The van der Waals surface area contributed by atoms with Crippen LogP contribution in [0.2, 0.25) is 0 Å². The second kappa shape index (κ2) is 6.11. The molecule has 0 aliphatic heterocycles. The van der Waals surface area contributed by atoms with E-state index >= 15 is 0 Å². The third kappa shape index (κ3) is 3.29. The number of anilines is 1. The number of hydrogen-bond acceptors (Lipinski definition) is 2. The van der Waals surface area contributed by atoms with Crippen LogP contribution in [0, 0.1) is 0 Å². The second-order valence-corrected chi connectivity index (χ2v) is 5.70. The van der Waals surface area contributed by atoms with Crippen LogP contribution in [0.25, 0.3) is 0 Å². The van der Waals surface area contributed by atoms with Gasteiger partial charge >= 0.3 is 0 Å². The van der Waals surface area contributed by atoms with E-state index < -0.39 is 0 Å². The van der Waals surface area contributed by atoms with Gasteiger partial charge in [-0.1, -0.05) is 44.2 Å². The van der Waals surface area contributed by atoms with Crippen LogP contribution < -0.4 is 5.32 Å². The van der Waals surface area contributed by atoms with Crippen LogP contribution in [0.4, 0.5) is 5.69 Å². The van der Waals surface area contributed by atoms with E-state index in [1.54, 1.807) is 0 Å². The number of aromatic hydroxyl groups is 1. The maximum absolute atomic E-state index is 9.97. The van der Waals surface area contributed by atoms with Gasteiger partial charge in [0, 0.05) is 17.8 Å². The smallest absolute Gasteiger partial charge is 0.134 e. The molecule has 2 rings (SSSR count). The summed E-state index contributed by atoms with van der Waals surface area (Å²) < 4.78 is 0.726. The van der Waals surface area contributed by atoms with Crippen molar-refractivity contribution in [3.8, 4) is 5.75 Å². The zero-order chi connectivity index (χ0) is 13.8. The molecule has 0 aliphatic carbocycles. The Hall–Kier alpha value is -1.48. The minimum atomic E-state index is 0.303. The van der Waals surface area contributed by atoms with Gasteiger partial charge in [-0.15, -0.1) is 0 Å². The largest absolute Gasteiger partial charge is 0.506 e. The molecule has 0 aromatic heterocycles. The summed E-state index contributed by atoms with van der Waals surface area (Å²) in [5.74, 6) is 0.775. The van der Waals surface area contributed by atoms with Gasteiger partial charge in [0.05, 0.1) is 4.47 Å². The van der Waals surface area contributed by atoms with Crippen LogP contribution in [-0.2, 0) is 6.54 Å². The Bertz CT molecular complexity index is 566. The summed E-state index contributed by atoms with van der Waals surface area (Å²) >= 11 is 3.33. The van der Waals surface area contributed by atoms with Gasteiger partial charge in [-0.3, -0.25) is 0 Å². The van der Waals surface area contributed by atoms with Gasteiger partial charge in [0.2, 0.25) is 0 Å². The van der Waals surface area contributed by atoms with Gasteiger partial charge in [-0.2, -0.15) is 0 Å². The van der Waals surface area contributed by atoms with Crippen molar-refractivity contribution < 1.29 is 5.11 Å². The molecule has 0 atom stereocenters. The Balaban J connectivity index is 2.17. The van der Waals surface area contributed by atoms with Crippen molar-refractivity contribution >= 4 is 21.6 Å². The molecule has 0 bridgehead atoms. The molecule has 3 heteroatoms. The third-order valence-corrected chi connectivity index (χ3v) is 3.76. The van der Waals surface area contributed by atoms with Crippen LogP contribution in [0.15, 0.2) is 46.9 Å². The van der Waals surface area contributed by atoms with E-state index in [0.717, 1.165) is 15.7 Å². The first-order chi connectivity index (χ1) is 9.09. The van der Waals surface area contributed by atoms with Crippen LogP contribution in [-0.4, -0.2) is 5.11 Å². The highest BCUT2D eigenvalue weighted by Crippen LogP contribution is 2.29. The predicted octanol–water partition coefficient (Wildman–Crippen LogP) is 4.89. The minimum Gasteiger partial charge on any atom is -0.506 e. The van der Waals surface area contributed by atoms with E-state index in [-0.39, 0.29) is 0 Å². The summed E-state index contributed by atoms with van der Waals surface area (Å²) in [6.07, 6.45) is 0. The Morgan fingerprint density at radius 3 is 2.58 bits per heavy atom. The molecule has 19 heavy (non-hydrogen) atoms. The summed E-state index contributed by atoms with van der Waals surface area (Å²) in [5, 5.41) is 13.4. The summed E-state index contributed by atoms with van der Waals surface area (Å²) in [4.78, 5) is 0. The molecule has 0 spiro atoms. The quantitative estimate of drug-likeness (QED) is 0.840. The molecule has 0 aliphatic rings. The number of phenolic OH excluding ortho intramolecular Hbond substituents is 1. The first kappa shape index (κ1) is 13.9. The summed E-state index contributed by atoms with van der Waals surface area (Å²) in [6.45, 7) is 4.96. The minimum absolute atomic E-state index is 0.303. The Morgan fingerprint density at radius 2 is 1.84 bits per heavy atom. The zero-order valence-corrected chi connectivity index (χ0v) is 12.7. The van der Waals surface area contributed by atoms with Gasteiger partial charge in [-0.25, -0.2) is 0 Å². The van der Waals surface area contributed by atoms with Crippen molar-refractivity contribution in [3.05, 3.63) is 58.1 Å². The van der Waals surface area contributed by atoms with Crippen LogP contribution in [0.1, 0.15) is 30.9 Å². The van der Waals surface area contributed by atoms with Crippen molar-refractivity contribution in [2.45, 2.75) is 26.3 Å². The number of halogens is 1. The Labute approximate surface area is 122 Å². The van der Waals surface area contributed by atoms with Crippen molar-refractivity contribution in [2.24, 2.45) is 0 Å². The SMILES string of the molecule is CC(C)c1ccccc1NCc1cccc(Br)c1O. The fourth-order valence-corrected chi connectivity index (χ4v) is 2.46. The van der Waals surface area contributed by atoms with Crippen LogP contribution in [0.3, 0.4) is 0 Å². The molecule has 2 N–H and O–H groups in total. The van der Waals surface area contributed by atoms with E-state index in [4.69, 9.17) is 0 Å². The first-order valence-corrected chi connectivity index (χ1v) is 7.18. The van der Waals surface area contributed by atoms with Crippen molar-refractivity contribution in [1.82, 2.24) is 0 Å². The van der Waals surface area contributed by atoms with E-state index in [9.17, 15) is 5.11 Å². The molecule has 0 fully saturated rings. The standard InChI is InChI=1S/C16H18BrNO/c1-11(2)13-7-3-4-9-15(13)18-10-12-6-5-8-14(17)16(12)19/h3-9,11,18-19H,10H2,1-2H3. The highest BCUT2D eigenvalue weighted by molar-refractivity contribution is 9.10. The van der Waals surface area contributed by atoms with Gasteiger partial charge in [0.1, 0.15) is 5.75 Å². The molecule has 100 valence electrons.